The smallest absolute Gasteiger partial charge is 0.313 e. The van der Waals surface area contributed by atoms with Crippen molar-refractivity contribution in [2.24, 2.45) is 5.73 Å². The first-order chi connectivity index (χ1) is 11.3. The molecule has 2 aliphatic rings. The first-order valence-corrected chi connectivity index (χ1v) is 7.81. The fourth-order valence-corrected chi connectivity index (χ4v) is 3.17. The van der Waals surface area contributed by atoms with Crippen molar-refractivity contribution in [1.82, 2.24) is 4.81 Å². The first-order valence-electron chi connectivity index (χ1n) is 7.81. The quantitative estimate of drug-likeness (QED) is 0.852. The Labute approximate surface area is 137 Å². The van der Waals surface area contributed by atoms with Gasteiger partial charge in [-0.05, 0) is 29.0 Å². The molecule has 4 rings (SSSR count). The van der Waals surface area contributed by atoms with Crippen LogP contribution >= 0.6 is 0 Å². The minimum absolute atomic E-state index is 0.192. The van der Waals surface area contributed by atoms with E-state index in [-0.39, 0.29) is 6.85 Å². The number of benzene rings is 2. The molecule has 0 atom stereocenters. The molecule has 3 heteroatoms. The van der Waals surface area contributed by atoms with Crippen LogP contribution in [0.15, 0.2) is 96.7 Å². The fraction of sp³-hybridized carbons (Fsp3) is 0. The van der Waals surface area contributed by atoms with Crippen LogP contribution in [-0.2, 0) is 0 Å². The highest BCUT2D eigenvalue weighted by Gasteiger charge is 2.30. The van der Waals surface area contributed by atoms with Crippen molar-refractivity contribution in [2.75, 3.05) is 0 Å². The van der Waals surface area contributed by atoms with Crippen LogP contribution in [-0.4, -0.2) is 11.7 Å². The molecule has 23 heavy (non-hydrogen) atoms. The van der Waals surface area contributed by atoms with E-state index in [0.29, 0.717) is 0 Å². The Balaban J connectivity index is 1.91. The van der Waals surface area contributed by atoms with Crippen LogP contribution in [0, 0.1) is 0 Å². The Morgan fingerprint density at radius 3 is 2.13 bits per heavy atom. The molecule has 0 saturated heterocycles. The molecule has 0 amide bonds. The predicted octanol–water partition coefficient (Wildman–Crippen LogP) is 3.87. The van der Waals surface area contributed by atoms with Crippen molar-refractivity contribution >= 4 is 18.1 Å². The molecule has 0 saturated carbocycles. The Morgan fingerprint density at radius 1 is 0.783 bits per heavy atom. The van der Waals surface area contributed by atoms with Crippen LogP contribution in [0.25, 0.3) is 11.3 Å². The Bertz CT molecular complexity index is 832. The molecule has 2 aromatic rings. The average molecular weight is 296 g/mol. The van der Waals surface area contributed by atoms with Gasteiger partial charge in [0.15, 0.2) is 0 Å². The van der Waals surface area contributed by atoms with Crippen LogP contribution in [0.3, 0.4) is 0 Å². The Hall–Kier alpha value is -2.94. The number of fused-ring (bicyclic) bond motifs is 1. The van der Waals surface area contributed by atoms with Crippen LogP contribution in [0.5, 0.6) is 0 Å². The van der Waals surface area contributed by atoms with Gasteiger partial charge in [0.25, 0.3) is 0 Å². The third-order valence-electron chi connectivity index (χ3n) is 4.26. The topological polar surface area (TPSA) is 29.3 Å². The normalized spacial score (nSPS) is 16.4. The van der Waals surface area contributed by atoms with Crippen molar-refractivity contribution in [3.63, 3.8) is 0 Å². The number of hydrogen-bond donors (Lipinski definition) is 1. The lowest BCUT2D eigenvalue weighted by Gasteiger charge is -2.35. The van der Waals surface area contributed by atoms with Crippen LogP contribution in [0.2, 0.25) is 0 Å². The zero-order valence-electron chi connectivity index (χ0n) is 12.8. The summed E-state index contributed by atoms with van der Waals surface area (Å²) in [5.74, 6) is 4.43. The van der Waals surface area contributed by atoms with Gasteiger partial charge < -0.3 is 10.5 Å². The summed E-state index contributed by atoms with van der Waals surface area (Å²) in [6.45, 7) is 0.192. The number of hydrogen-bond acceptors (Lipinski definition) is 2. The number of rotatable bonds is 2. The van der Waals surface area contributed by atoms with E-state index in [9.17, 15) is 0 Å². The number of allylic oxidation sites excluding steroid dienone is 3. The number of nitrogens with zero attached hydrogens (tertiary/aromatic N) is 1. The molecule has 2 aliphatic heterocycles. The summed E-state index contributed by atoms with van der Waals surface area (Å²) < 4.78 is 0. The van der Waals surface area contributed by atoms with Gasteiger partial charge in [-0.15, -0.1) is 0 Å². The van der Waals surface area contributed by atoms with Gasteiger partial charge in [-0.25, -0.2) is 0 Å². The summed E-state index contributed by atoms with van der Waals surface area (Å²) in [6.07, 6.45) is 6.23. The van der Waals surface area contributed by atoms with Gasteiger partial charge in [0, 0.05) is 0 Å². The molecule has 110 valence electrons. The molecule has 2 heterocycles. The molecule has 0 unspecified atom stereocenters. The second-order valence-corrected chi connectivity index (χ2v) is 5.70. The van der Waals surface area contributed by atoms with Crippen molar-refractivity contribution in [3.8, 4) is 0 Å². The first kappa shape index (κ1) is 13.7. The van der Waals surface area contributed by atoms with E-state index < -0.39 is 0 Å². The highest BCUT2D eigenvalue weighted by molar-refractivity contribution is 6.70. The summed E-state index contributed by atoms with van der Waals surface area (Å²) in [6, 6.07) is 20.7. The summed E-state index contributed by atoms with van der Waals surface area (Å²) in [4.78, 5) is 2.23. The summed E-state index contributed by atoms with van der Waals surface area (Å²) in [5, 5.41) is 0. The maximum Gasteiger partial charge on any atom is 0.313 e. The zero-order valence-corrected chi connectivity index (χ0v) is 12.8. The van der Waals surface area contributed by atoms with Gasteiger partial charge in [-0.3, -0.25) is 0 Å². The van der Waals surface area contributed by atoms with Gasteiger partial charge in [0.1, 0.15) is 0 Å². The van der Waals surface area contributed by atoms with Crippen LogP contribution < -0.4 is 5.73 Å². The summed E-state index contributed by atoms with van der Waals surface area (Å²) >= 11 is 0. The van der Waals surface area contributed by atoms with E-state index in [4.69, 9.17) is 5.73 Å². The van der Waals surface area contributed by atoms with Gasteiger partial charge in [0.2, 0.25) is 0 Å². The van der Waals surface area contributed by atoms with Crippen molar-refractivity contribution in [3.05, 3.63) is 108 Å². The van der Waals surface area contributed by atoms with E-state index in [1.165, 1.54) is 0 Å². The molecular weight excluding hydrogens is 279 g/mol. The van der Waals surface area contributed by atoms with Gasteiger partial charge in [0.05, 0.1) is 11.4 Å². The van der Waals surface area contributed by atoms with Crippen molar-refractivity contribution < 1.29 is 0 Å². The zero-order chi connectivity index (χ0) is 15.6. The highest BCUT2D eigenvalue weighted by atomic mass is 15.1. The fourth-order valence-electron chi connectivity index (χ4n) is 3.17. The molecule has 0 radical (unpaired) electrons. The SMILES string of the molecule is NC1=C(c2ccccc2)N2C=CC=CB2C=C1c1ccccc1. The molecule has 0 bridgehead atoms. The second-order valence-electron chi connectivity index (χ2n) is 5.70. The molecule has 2 nitrogen and oxygen atoms in total. The van der Waals surface area contributed by atoms with Gasteiger partial charge in [-0.2, -0.15) is 0 Å². The highest BCUT2D eigenvalue weighted by Crippen LogP contribution is 2.36. The molecular formula is C20H17BN2. The van der Waals surface area contributed by atoms with E-state index in [1.54, 1.807) is 0 Å². The second kappa shape index (κ2) is 5.69. The third-order valence-corrected chi connectivity index (χ3v) is 4.26. The maximum atomic E-state index is 6.61. The molecule has 0 aromatic heterocycles. The van der Waals surface area contributed by atoms with Crippen molar-refractivity contribution in [2.45, 2.75) is 0 Å². The lowest BCUT2D eigenvalue weighted by atomic mass is 9.55. The third kappa shape index (κ3) is 2.40. The predicted molar refractivity (Wildman–Crippen MR) is 97.8 cm³/mol. The average Bonchev–Trinajstić information content (AvgIpc) is 2.63. The Morgan fingerprint density at radius 2 is 1.43 bits per heavy atom. The van der Waals surface area contributed by atoms with Crippen molar-refractivity contribution in [1.29, 1.82) is 0 Å². The summed E-state index contributed by atoms with van der Waals surface area (Å²) in [5.41, 5.74) is 11.9. The monoisotopic (exact) mass is 296 g/mol. The van der Waals surface area contributed by atoms with E-state index in [0.717, 1.165) is 28.1 Å². The minimum Gasteiger partial charge on any atom is -0.397 e. The molecule has 0 fully saturated rings. The largest absolute Gasteiger partial charge is 0.397 e. The molecule has 0 aliphatic carbocycles. The minimum atomic E-state index is 0.192. The van der Waals surface area contributed by atoms with Crippen LogP contribution in [0.4, 0.5) is 0 Å². The lowest BCUT2D eigenvalue weighted by Crippen LogP contribution is -2.37. The van der Waals surface area contributed by atoms with E-state index >= 15 is 0 Å². The standard InChI is InChI=1S/C20H17BN2/c22-19-18(16-9-3-1-4-10-16)15-21-13-7-8-14-23(21)20(19)17-11-5-2-6-12-17/h1-15H,22H2. The molecule has 2 N–H and O–H groups in total. The number of nitrogens with two attached hydrogens (primary N) is 1. The maximum absolute atomic E-state index is 6.61. The van der Waals surface area contributed by atoms with Crippen LogP contribution in [0.1, 0.15) is 11.1 Å². The Kier molecular flexibility index (Phi) is 3.39. The molecule has 2 aromatic carbocycles. The molecule has 0 spiro atoms. The van der Waals surface area contributed by atoms with E-state index in [1.807, 2.05) is 18.2 Å². The van der Waals surface area contributed by atoms with Gasteiger partial charge in [-0.1, -0.05) is 78.7 Å². The lowest BCUT2D eigenvalue weighted by molar-refractivity contribution is 0.813. The van der Waals surface area contributed by atoms with Gasteiger partial charge >= 0.3 is 6.85 Å². The summed E-state index contributed by atoms with van der Waals surface area (Å²) in [7, 11) is 0. The van der Waals surface area contributed by atoms with E-state index in [2.05, 4.69) is 77.6 Å².